The molecule has 5 heteroatoms. The van der Waals surface area contributed by atoms with Gasteiger partial charge in [-0.2, -0.15) is 5.10 Å². The van der Waals surface area contributed by atoms with Gasteiger partial charge in [-0.1, -0.05) is 30.3 Å². The molecule has 0 saturated carbocycles. The van der Waals surface area contributed by atoms with Gasteiger partial charge in [0.25, 0.3) is 0 Å². The SMILES string of the molecule is Cc1nn(-c2ccccc2)c(C)c1/C=C/C(=O)OCC(=O)c1ccc2c(c1)CCC2. The Kier molecular flexibility index (Phi) is 5.61. The molecular formula is C25H24N2O3. The van der Waals surface area contributed by atoms with Gasteiger partial charge in [-0.15, -0.1) is 0 Å². The lowest BCUT2D eigenvalue weighted by Gasteiger charge is -2.05. The molecule has 0 radical (unpaired) electrons. The molecule has 5 nitrogen and oxygen atoms in total. The molecule has 0 bridgehead atoms. The van der Waals surface area contributed by atoms with Crippen molar-refractivity contribution >= 4 is 17.8 Å². The number of Topliss-reactive ketones (excluding diaryl/α,β-unsaturated/α-hetero) is 1. The molecule has 0 spiro atoms. The summed E-state index contributed by atoms with van der Waals surface area (Å²) < 4.78 is 7.01. The Morgan fingerprint density at radius 1 is 1.07 bits per heavy atom. The number of fused-ring (bicyclic) bond motifs is 1. The number of hydrogen-bond donors (Lipinski definition) is 0. The summed E-state index contributed by atoms with van der Waals surface area (Å²) in [4.78, 5) is 24.5. The number of hydrogen-bond acceptors (Lipinski definition) is 4. The summed E-state index contributed by atoms with van der Waals surface area (Å²) in [6.07, 6.45) is 6.26. The lowest BCUT2D eigenvalue weighted by molar-refractivity contribution is -0.136. The van der Waals surface area contributed by atoms with Crippen molar-refractivity contribution in [2.24, 2.45) is 0 Å². The summed E-state index contributed by atoms with van der Waals surface area (Å²) in [5, 5.41) is 4.56. The van der Waals surface area contributed by atoms with Crippen LogP contribution in [-0.2, 0) is 22.4 Å². The van der Waals surface area contributed by atoms with Gasteiger partial charge in [0.1, 0.15) is 0 Å². The fourth-order valence-corrected chi connectivity index (χ4v) is 3.88. The minimum absolute atomic E-state index is 0.185. The van der Waals surface area contributed by atoms with E-state index in [9.17, 15) is 9.59 Å². The maximum absolute atomic E-state index is 12.4. The number of esters is 1. The first-order chi connectivity index (χ1) is 14.5. The number of nitrogens with zero attached hydrogens (tertiary/aromatic N) is 2. The second-order valence-electron chi connectivity index (χ2n) is 7.53. The van der Waals surface area contributed by atoms with Crippen LogP contribution >= 0.6 is 0 Å². The number of para-hydroxylation sites is 1. The second kappa shape index (κ2) is 8.49. The quantitative estimate of drug-likeness (QED) is 0.349. The molecule has 0 fully saturated rings. The number of benzene rings is 2. The molecule has 0 saturated heterocycles. The van der Waals surface area contributed by atoms with Crippen molar-refractivity contribution in [2.75, 3.05) is 6.61 Å². The van der Waals surface area contributed by atoms with Crippen LogP contribution in [0.2, 0.25) is 0 Å². The highest BCUT2D eigenvalue weighted by atomic mass is 16.5. The van der Waals surface area contributed by atoms with Gasteiger partial charge >= 0.3 is 5.97 Å². The van der Waals surface area contributed by atoms with E-state index in [-0.39, 0.29) is 12.4 Å². The van der Waals surface area contributed by atoms with Gasteiger partial charge in [0.2, 0.25) is 0 Å². The minimum atomic E-state index is -0.546. The molecule has 0 amide bonds. The molecule has 0 aliphatic heterocycles. The number of aryl methyl sites for hydroxylation is 3. The number of aromatic nitrogens is 2. The normalized spacial score (nSPS) is 12.9. The monoisotopic (exact) mass is 400 g/mol. The van der Waals surface area contributed by atoms with E-state index >= 15 is 0 Å². The van der Waals surface area contributed by atoms with Gasteiger partial charge in [0.15, 0.2) is 12.4 Å². The van der Waals surface area contributed by atoms with E-state index in [2.05, 4.69) is 5.10 Å². The average Bonchev–Trinajstić information content (AvgIpc) is 3.34. The van der Waals surface area contributed by atoms with Crippen molar-refractivity contribution in [3.63, 3.8) is 0 Å². The van der Waals surface area contributed by atoms with E-state index in [4.69, 9.17) is 4.74 Å². The summed E-state index contributed by atoms with van der Waals surface area (Å²) in [5.74, 6) is -0.730. The molecule has 152 valence electrons. The van der Waals surface area contributed by atoms with Crippen LogP contribution in [0, 0.1) is 13.8 Å². The molecule has 4 rings (SSSR count). The lowest BCUT2D eigenvalue weighted by atomic mass is 10.0. The zero-order valence-electron chi connectivity index (χ0n) is 17.2. The van der Waals surface area contributed by atoms with E-state index in [1.165, 1.54) is 17.2 Å². The Labute approximate surface area is 176 Å². The highest BCUT2D eigenvalue weighted by Gasteiger charge is 2.15. The molecule has 1 heterocycles. The first-order valence-corrected chi connectivity index (χ1v) is 10.1. The summed E-state index contributed by atoms with van der Waals surface area (Å²) in [6, 6.07) is 15.6. The van der Waals surface area contributed by atoms with Gasteiger partial charge in [0, 0.05) is 22.9 Å². The Balaban J connectivity index is 1.40. The molecule has 3 aromatic rings. The van der Waals surface area contributed by atoms with Gasteiger partial charge in [0.05, 0.1) is 11.4 Å². The summed E-state index contributed by atoms with van der Waals surface area (Å²) in [7, 11) is 0. The van der Waals surface area contributed by atoms with Crippen LogP contribution < -0.4 is 0 Å². The third-order valence-corrected chi connectivity index (χ3v) is 5.50. The molecule has 0 N–H and O–H groups in total. The van der Waals surface area contributed by atoms with Gasteiger partial charge in [-0.3, -0.25) is 4.79 Å². The summed E-state index contributed by atoms with van der Waals surface area (Å²) in [5.41, 5.74) is 6.71. The van der Waals surface area contributed by atoms with Crippen molar-refractivity contribution in [3.05, 3.63) is 88.2 Å². The zero-order valence-corrected chi connectivity index (χ0v) is 17.2. The highest BCUT2D eigenvalue weighted by molar-refractivity contribution is 5.99. The minimum Gasteiger partial charge on any atom is -0.454 e. The molecule has 1 aliphatic carbocycles. The van der Waals surface area contributed by atoms with Crippen LogP contribution in [-0.4, -0.2) is 28.1 Å². The molecule has 2 aromatic carbocycles. The van der Waals surface area contributed by atoms with Crippen LogP contribution in [0.25, 0.3) is 11.8 Å². The zero-order chi connectivity index (χ0) is 21.1. The Hall–Kier alpha value is -3.47. The van der Waals surface area contributed by atoms with Gasteiger partial charge in [-0.05, 0) is 68.5 Å². The number of carbonyl (C=O) groups excluding carboxylic acids is 2. The Bertz CT molecular complexity index is 1130. The standard InChI is InChI=1S/C25H24N2O3/c1-17-23(18(2)27(26-17)22-9-4-3-5-10-22)13-14-25(29)30-16-24(28)21-12-11-19-7-6-8-20(19)15-21/h3-5,9-15H,6-8,16H2,1-2H3/b14-13+. The van der Waals surface area contributed by atoms with Crippen LogP contribution in [0.4, 0.5) is 0 Å². The van der Waals surface area contributed by atoms with E-state index in [0.29, 0.717) is 5.56 Å². The maximum atomic E-state index is 12.4. The Morgan fingerprint density at radius 2 is 1.83 bits per heavy atom. The van der Waals surface area contributed by atoms with Crippen LogP contribution in [0.5, 0.6) is 0 Å². The first-order valence-electron chi connectivity index (χ1n) is 10.1. The number of rotatable bonds is 6. The predicted molar refractivity (Wildman–Crippen MR) is 116 cm³/mol. The van der Waals surface area contributed by atoms with E-state index in [0.717, 1.165) is 41.9 Å². The fourth-order valence-electron chi connectivity index (χ4n) is 3.88. The van der Waals surface area contributed by atoms with Gasteiger partial charge in [-0.25, -0.2) is 9.48 Å². The predicted octanol–water partition coefficient (Wildman–Crippen LogP) is 4.42. The molecule has 0 atom stereocenters. The Morgan fingerprint density at radius 3 is 2.63 bits per heavy atom. The van der Waals surface area contributed by atoms with Crippen molar-refractivity contribution in [3.8, 4) is 5.69 Å². The van der Waals surface area contributed by atoms with Crippen LogP contribution in [0.3, 0.4) is 0 Å². The summed E-state index contributed by atoms with van der Waals surface area (Å²) in [6.45, 7) is 3.59. The molecule has 0 unspecified atom stereocenters. The third kappa shape index (κ3) is 4.10. The topological polar surface area (TPSA) is 61.2 Å². The van der Waals surface area contributed by atoms with Crippen LogP contribution in [0.15, 0.2) is 54.6 Å². The van der Waals surface area contributed by atoms with Crippen LogP contribution in [0.1, 0.15) is 44.9 Å². The number of carbonyl (C=O) groups is 2. The van der Waals surface area contributed by atoms with E-state index in [1.807, 2.05) is 67.1 Å². The lowest BCUT2D eigenvalue weighted by Crippen LogP contribution is -2.12. The van der Waals surface area contributed by atoms with E-state index < -0.39 is 5.97 Å². The fraction of sp³-hybridized carbons (Fsp3) is 0.240. The smallest absolute Gasteiger partial charge is 0.331 e. The number of ketones is 1. The number of ether oxygens (including phenoxy) is 1. The highest BCUT2D eigenvalue weighted by Crippen LogP contribution is 2.23. The van der Waals surface area contributed by atoms with Crippen molar-refractivity contribution in [1.29, 1.82) is 0 Å². The van der Waals surface area contributed by atoms with E-state index in [1.54, 1.807) is 6.08 Å². The molecular weight excluding hydrogens is 376 g/mol. The molecule has 1 aromatic heterocycles. The van der Waals surface area contributed by atoms with Crippen molar-refractivity contribution < 1.29 is 14.3 Å². The van der Waals surface area contributed by atoms with Crippen molar-refractivity contribution in [2.45, 2.75) is 33.1 Å². The largest absolute Gasteiger partial charge is 0.454 e. The average molecular weight is 400 g/mol. The first kappa shape index (κ1) is 19.8. The third-order valence-electron chi connectivity index (χ3n) is 5.50. The maximum Gasteiger partial charge on any atom is 0.331 e. The van der Waals surface area contributed by atoms with Gasteiger partial charge < -0.3 is 4.74 Å². The second-order valence-corrected chi connectivity index (χ2v) is 7.53. The molecule has 30 heavy (non-hydrogen) atoms. The summed E-state index contributed by atoms with van der Waals surface area (Å²) >= 11 is 0. The molecule has 1 aliphatic rings. The van der Waals surface area contributed by atoms with Crippen molar-refractivity contribution in [1.82, 2.24) is 9.78 Å².